The Morgan fingerprint density at radius 2 is 2.28 bits per heavy atom. The lowest BCUT2D eigenvalue weighted by molar-refractivity contribution is 0.251. The summed E-state index contributed by atoms with van der Waals surface area (Å²) in [4.78, 5) is 6.50. The predicted octanol–water partition coefficient (Wildman–Crippen LogP) is 1.53. The van der Waals surface area contributed by atoms with Gasteiger partial charge in [0.15, 0.2) is 0 Å². The van der Waals surface area contributed by atoms with Crippen LogP contribution in [0.2, 0.25) is 0 Å². The van der Waals surface area contributed by atoms with Crippen molar-refractivity contribution in [1.29, 1.82) is 5.26 Å². The zero-order chi connectivity index (χ0) is 12.8. The van der Waals surface area contributed by atoms with Crippen molar-refractivity contribution >= 4 is 0 Å². The molecule has 2 rings (SSSR count). The molecule has 1 aliphatic rings. The number of hydrogen-bond donors (Lipinski definition) is 1. The fraction of sp³-hybridized carbons (Fsp3) is 0.571. The van der Waals surface area contributed by atoms with E-state index in [4.69, 9.17) is 5.26 Å². The monoisotopic (exact) mass is 244 g/mol. The molecule has 0 amide bonds. The molecule has 0 spiro atoms. The first kappa shape index (κ1) is 13.0. The summed E-state index contributed by atoms with van der Waals surface area (Å²) in [6.45, 7) is 6.53. The van der Waals surface area contributed by atoms with Gasteiger partial charge in [0.1, 0.15) is 11.8 Å². The first-order chi connectivity index (χ1) is 8.79. The third-order valence-corrected chi connectivity index (χ3v) is 3.47. The van der Waals surface area contributed by atoms with E-state index in [1.54, 1.807) is 6.20 Å². The maximum absolute atomic E-state index is 8.78. The van der Waals surface area contributed by atoms with Gasteiger partial charge in [-0.1, -0.05) is 0 Å². The lowest BCUT2D eigenvalue weighted by Gasteiger charge is -2.23. The van der Waals surface area contributed by atoms with Crippen LogP contribution in [0.3, 0.4) is 0 Å². The lowest BCUT2D eigenvalue weighted by Crippen LogP contribution is -2.38. The van der Waals surface area contributed by atoms with Crippen molar-refractivity contribution < 1.29 is 0 Å². The zero-order valence-electron chi connectivity index (χ0n) is 10.9. The minimum atomic E-state index is 0.488. The smallest absolute Gasteiger partial charge is 0.140 e. The van der Waals surface area contributed by atoms with Crippen molar-refractivity contribution in [1.82, 2.24) is 15.2 Å². The van der Waals surface area contributed by atoms with Gasteiger partial charge >= 0.3 is 0 Å². The van der Waals surface area contributed by atoms with Crippen LogP contribution in [0.15, 0.2) is 18.3 Å². The summed E-state index contributed by atoms with van der Waals surface area (Å²) < 4.78 is 0. The SMILES string of the molecule is CC(CNCc1ccnc(C#N)c1)N1CCCC1. The fourth-order valence-corrected chi connectivity index (χ4v) is 2.38. The second-order valence-electron chi connectivity index (χ2n) is 4.88. The molecule has 0 radical (unpaired) electrons. The Balaban J connectivity index is 1.75. The zero-order valence-corrected chi connectivity index (χ0v) is 10.9. The van der Waals surface area contributed by atoms with Crippen molar-refractivity contribution in [3.8, 4) is 6.07 Å². The number of nitriles is 1. The molecule has 1 N–H and O–H groups in total. The van der Waals surface area contributed by atoms with Crippen LogP contribution in [0.25, 0.3) is 0 Å². The van der Waals surface area contributed by atoms with E-state index in [0.717, 1.165) is 18.7 Å². The largest absolute Gasteiger partial charge is 0.311 e. The van der Waals surface area contributed by atoms with E-state index in [9.17, 15) is 0 Å². The highest BCUT2D eigenvalue weighted by Gasteiger charge is 2.17. The van der Waals surface area contributed by atoms with Gasteiger partial charge in [-0.25, -0.2) is 4.98 Å². The summed E-state index contributed by atoms with van der Waals surface area (Å²) in [5.41, 5.74) is 1.61. The molecule has 18 heavy (non-hydrogen) atoms. The summed E-state index contributed by atoms with van der Waals surface area (Å²) in [5.74, 6) is 0. The molecular weight excluding hydrogens is 224 g/mol. The second-order valence-corrected chi connectivity index (χ2v) is 4.88. The van der Waals surface area contributed by atoms with Crippen molar-refractivity contribution in [2.45, 2.75) is 32.4 Å². The number of rotatable bonds is 5. The molecule has 4 nitrogen and oxygen atoms in total. The Hall–Kier alpha value is -1.44. The molecule has 0 aliphatic carbocycles. The molecule has 0 bridgehead atoms. The Morgan fingerprint density at radius 3 is 3.00 bits per heavy atom. The van der Waals surface area contributed by atoms with E-state index in [0.29, 0.717) is 11.7 Å². The minimum Gasteiger partial charge on any atom is -0.311 e. The Bertz CT molecular complexity index is 418. The van der Waals surface area contributed by atoms with Gasteiger partial charge in [-0.15, -0.1) is 0 Å². The molecule has 1 atom stereocenters. The molecule has 0 saturated carbocycles. The van der Waals surface area contributed by atoms with Crippen LogP contribution in [0.1, 0.15) is 31.0 Å². The van der Waals surface area contributed by atoms with E-state index in [-0.39, 0.29) is 0 Å². The lowest BCUT2D eigenvalue weighted by atomic mass is 10.2. The van der Waals surface area contributed by atoms with Crippen molar-refractivity contribution in [2.75, 3.05) is 19.6 Å². The number of nitrogens with zero attached hydrogens (tertiary/aromatic N) is 3. The van der Waals surface area contributed by atoms with E-state index < -0.39 is 0 Å². The average Bonchev–Trinajstić information content (AvgIpc) is 2.93. The standard InChI is InChI=1S/C14H20N4/c1-12(18-6-2-3-7-18)10-16-11-13-4-5-17-14(8-13)9-15/h4-5,8,12,16H,2-3,6-7,10-11H2,1H3. The van der Waals surface area contributed by atoms with Gasteiger partial charge in [-0.3, -0.25) is 4.90 Å². The van der Waals surface area contributed by atoms with E-state index >= 15 is 0 Å². The van der Waals surface area contributed by atoms with Gasteiger partial charge in [0.25, 0.3) is 0 Å². The summed E-state index contributed by atoms with van der Waals surface area (Å²) >= 11 is 0. The molecule has 1 aromatic heterocycles. The van der Waals surface area contributed by atoms with Crippen LogP contribution >= 0.6 is 0 Å². The quantitative estimate of drug-likeness (QED) is 0.853. The Labute approximate surface area is 109 Å². The van der Waals surface area contributed by atoms with Crippen LogP contribution < -0.4 is 5.32 Å². The minimum absolute atomic E-state index is 0.488. The van der Waals surface area contributed by atoms with E-state index in [2.05, 4.69) is 28.2 Å². The molecule has 1 unspecified atom stereocenters. The highest BCUT2D eigenvalue weighted by molar-refractivity contribution is 5.25. The highest BCUT2D eigenvalue weighted by Crippen LogP contribution is 2.10. The van der Waals surface area contributed by atoms with Gasteiger partial charge in [0, 0.05) is 25.3 Å². The van der Waals surface area contributed by atoms with E-state index in [1.165, 1.54) is 25.9 Å². The predicted molar refractivity (Wildman–Crippen MR) is 70.9 cm³/mol. The van der Waals surface area contributed by atoms with Crippen LogP contribution in [-0.2, 0) is 6.54 Å². The number of likely N-dealkylation sites (tertiary alicyclic amines) is 1. The first-order valence-corrected chi connectivity index (χ1v) is 6.59. The maximum Gasteiger partial charge on any atom is 0.140 e. The number of nitrogens with one attached hydrogen (secondary N) is 1. The summed E-state index contributed by atoms with van der Waals surface area (Å²) in [6, 6.07) is 6.45. The average molecular weight is 244 g/mol. The van der Waals surface area contributed by atoms with Gasteiger partial charge in [-0.2, -0.15) is 5.26 Å². The van der Waals surface area contributed by atoms with Gasteiger partial charge in [-0.05, 0) is 50.6 Å². The van der Waals surface area contributed by atoms with Crippen molar-refractivity contribution in [3.05, 3.63) is 29.6 Å². The second kappa shape index (κ2) is 6.48. The van der Waals surface area contributed by atoms with Crippen molar-refractivity contribution in [2.24, 2.45) is 0 Å². The summed E-state index contributed by atoms with van der Waals surface area (Å²) in [7, 11) is 0. The molecule has 4 heteroatoms. The third kappa shape index (κ3) is 3.52. The topological polar surface area (TPSA) is 52.0 Å². The Kier molecular flexibility index (Phi) is 4.68. The normalized spacial score (nSPS) is 17.6. The highest BCUT2D eigenvalue weighted by atomic mass is 15.2. The van der Waals surface area contributed by atoms with Crippen LogP contribution in [-0.4, -0.2) is 35.6 Å². The molecule has 2 heterocycles. The number of pyridine rings is 1. The summed E-state index contributed by atoms with van der Waals surface area (Å²) in [6.07, 6.45) is 4.36. The summed E-state index contributed by atoms with van der Waals surface area (Å²) in [5, 5.41) is 12.2. The molecule has 96 valence electrons. The Morgan fingerprint density at radius 1 is 1.50 bits per heavy atom. The number of aromatic nitrogens is 1. The number of hydrogen-bond acceptors (Lipinski definition) is 4. The van der Waals surface area contributed by atoms with Crippen molar-refractivity contribution in [3.63, 3.8) is 0 Å². The van der Waals surface area contributed by atoms with Gasteiger partial charge in [0.2, 0.25) is 0 Å². The molecule has 0 aromatic carbocycles. The third-order valence-electron chi connectivity index (χ3n) is 3.47. The first-order valence-electron chi connectivity index (χ1n) is 6.59. The molecule has 1 aromatic rings. The van der Waals surface area contributed by atoms with Gasteiger partial charge < -0.3 is 5.32 Å². The molecule has 1 aliphatic heterocycles. The fourth-order valence-electron chi connectivity index (χ4n) is 2.38. The van der Waals surface area contributed by atoms with Crippen LogP contribution in [0.5, 0.6) is 0 Å². The van der Waals surface area contributed by atoms with Crippen LogP contribution in [0.4, 0.5) is 0 Å². The maximum atomic E-state index is 8.78. The van der Waals surface area contributed by atoms with Crippen LogP contribution in [0, 0.1) is 11.3 Å². The van der Waals surface area contributed by atoms with E-state index in [1.807, 2.05) is 12.1 Å². The molecule has 1 fully saturated rings. The molecule has 1 saturated heterocycles. The van der Waals surface area contributed by atoms with Gasteiger partial charge in [0.05, 0.1) is 0 Å². The molecular formula is C14H20N4.